The third-order valence-electron chi connectivity index (χ3n) is 3.04. The average molecular weight is 226 g/mol. The van der Waals surface area contributed by atoms with Crippen LogP contribution >= 0.6 is 0 Å². The Hall–Kier alpha value is -2.13. The lowest BCUT2D eigenvalue weighted by Gasteiger charge is -2.18. The topological polar surface area (TPSA) is 57.5 Å². The van der Waals surface area contributed by atoms with Crippen LogP contribution in [-0.2, 0) is 4.79 Å². The van der Waals surface area contributed by atoms with Crippen LogP contribution in [0.1, 0.15) is 17.2 Å². The molecule has 1 atom stereocenters. The van der Waals surface area contributed by atoms with E-state index in [-0.39, 0.29) is 5.76 Å². The quantitative estimate of drug-likeness (QED) is 0.725. The second kappa shape index (κ2) is 3.43. The third kappa shape index (κ3) is 1.44. The zero-order valence-electron chi connectivity index (χ0n) is 8.92. The van der Waals surface area contributed by atoms with Crippen LogP contribution in [0.2, 0.25) is 0 Å². The maximum atomic E-state index is 11.5. The monoisotopic (exact) mass is 226 g/mol. The van der Waals surface area contributed by atoms with Crippen molar-refractivity contribution in [3.05, 3.63) is 53.3 Å². The van der Waals surface area contributed by atoms with E-state index in [4.69, 9.17) is 0 Å². The molecule has 1 unspecified atom stereocenters. The van der Waals surface area contributed by atoms with Crippen LogP contribution in [0.5, 0.6) is 0 Å². The number of aliphatic hydroxyl groups excluding tert-OH is 2. The SMILES string of the molecule is O=C1C(O)=Cc2cc3ccccc3cc2C1O. The molecule has 2 N–H and O–H groups in total. The van der Waals surface area contributed by atoms with Crippen molar-refractivity contribution >= 4 is 22.6 Å². The summed E-state index contributed by atoms with van der Waals surface area (Å²) in [5.74, 6) is -1.03. The molecule has 0 aliphatic heterocycles. The van der Waals surface area contributed by atoms with Gasteiger partial charge in [-0.1, -0.05) is 24.3 Å². The Bertz CT molecular complexity index is 656. The van der Waals surface area contributed by atoms with Crippen LogP contribution in [0.4, 0.5) is 0 Å². The first kappa shape index (κ1) is 10.1. The van der Waals surface area contributed by atoms with E-state index in [2.05, 4.69) is 0 Å². The highest BCUT2D eigenvalue weighted by Gasteiger charge is 2.27. The molecule has 0 heterocycles. The van der Waals surface area contributed by atoms with Gasteiger partial charge in [-0.25, -0.2) is 0 Å². The number of fused-ring (bicyclic) bond motifs is 2. The Morgan fingerprint density at radius 1 is 1.06 bits per heavy atom. The highest BCUT2D eigenvalue weighted by Crippen LogP contribution is 2.31. The van der Waals surface area contributed by atoms with Gasteiger partial charge in [0, 0.05) is 0 Å². The fourth-order valence-corrected chi connectivity index (χ4v) is 2.14. The summed E-state index contributed by atoms with van der Waals surface area (Å²) in [4.78, 5) is 11.5. The second-order valence-electron chi connectivity index (χ2n) is 4.12. The molecule has 3 rings (SSSR count). The van der Waals surface area contributed by atoms with Crippen LogP contribution in [0.15, 0.2) is 42.2 Å². The molecule has 3 nitrogen and oxygen atoms in total. The van der Waals surface area contributed by atoms with Crippen molar-refractivity contribution in [3.8, 4) is 0 Å². The van der Waals surface area contributed by atoms with Gasteiger partial charge in [0.05, 0.1) is 0 Å². The van der Waals surface area contributed by atoms with Gasteiger partial charge >= 0.3 is 0 Å². The van der Waals surface area contributed by atoms with E-state index >= 15 is 0 Å². The summed E-state index contributed by atoms with van der Waals surface area (Å²) >= 11 is 0. The first-order valence-electron chi connectivity index (χ1n) is 5.32. The summed E-state index contributed by atoms with van der Waals surface area (Å²) in [6.07, 6.45) is 0.135. The number of carbonyl (C=O) groups excluding carboxylic acids is 1. The highest BCUT2D eigenvalue weighted by atomic mass is 16.3. The maximum absolute atomic E-state index is 11.5. The van der Waals surface area contributed by atoms with E-state index in [9.17, 15) is 15.0 Å². The van der Waals surface area contributed by atoms with E-state index in [0.29, 0.717) is 11.1 Å². The lowest BCUT2D eigenvalue weighted by molar-refractivity contribution is -0.126. The Kier molecular flexibility index (Phi) is 2.03. The van der Waals surface area contributed by atoms with Crippen molar-refractivity contribution in [2.75, 3.05) is 0 Å². The predicted octanol–water partition coefficient (Wildman–Crippen LogP) is 2.35. The molecule has 0 fully saturated rings. The number of hydrogen-bond acceptors (Lipinski definition) is 3. The Morgan fingerprint density at radius 3 is 2.41 bits per heavy atom. The van der Waals surface area contributed by atoms with E-state index in [1.807, 2.05) is 30.3 Å². The molecule has 0 bridgehead atoms. The van der Waals surface area contributed by atoms with Gasteiger partial charge in [0.1, 0.15) is 6.10 Å². The van der Waals surface area contributed by atoms with Gasteiger partial charge in [-0.15, -0.1) is 0 Å². The lowest BCUT2D eigenvalue weighted by atomic mass is 9.90. The minimum absolute atomic E-state index is 0.389. The number of ketones is 1. The van der Waals surface area contributed by atoms with Crippen molar-refractivity contribution in [1.29, 1.82) is 0 Å². The molecule has 0 amide bonds. The summed E-state index contributed by atoms with van der Waals surface area (Å²) in [6.45, 7) is 0. The number of Topliss-reactive ketones (excluding diaryl/α,β-unsaturated/α-hetero) is 1. The summed E-state index contributed by atoms with van der Waals surface area (Å²) in [5.41, 5.74) is 1.24. The minimum Gasteiger partial charge on any atom is -0.504 e. The minimum atomic E-state index is -1.26. The number of rotatable bonds is 0. The van der Waals surface area contributed by atoms with Gasteiger partial charge in [0.25, 0.3) is 0 Å². The van der Waals surface area contributed by atoms with E-state index in [0.717, 1.165) is 10.8 Å². The molecule has 2 aromatic rings. The van der Waals surface area contributed by atoms with Crippen molar-refractivity contribution in [2.45, 2.75) is 6.10 Å². The lowest BCUT2D eigenvalue weighted by Crippen LogP contribution is -2.18. The summed E-state index contributed by atoms with van der Waals surface area (Å²) < 4.78 is 0. The van der Waals surface area contributed by atoms with E-state index in [1.54, 1.807) is 6.07 Å². The first-order chi connectivity index (χ1) is 8.16. The molecule has 1 aliphatic rings. The molecule has 1 aliphatic carbocycles. The van der Waals surface area contributed by atoms with E-state index < -0.39 is 11.9 Å². The molecule has 0 saturated heterocycles. The fraction of sp³-hybridized carbons (Fsp3) is 0.0714. The first-order valence-corrected chi connectivity index (χ1v) is 5.32. The number of benzene rings is 2. The van der Waals surface area contributed by atoms with Gasteiger partial charge < -0.3 is 10.2 Å². The van der Waals surface area contributed by atoms with Crippen molar-refractivity contribution in [2.24, 2.45) is 0 Å². The van der Waals surface area contributed by atoms with Gasteiger partial charge in [0.15, 0.2) is 5.76 Å². The molecule has 0 aromatic heterocycles. The maximum Gasteiger partial charge on any atom is 0.230 e. The molecule has 0 saturated carbocycles. The number of aliphatic hydroxyl groups is 2. The average Bonchev–Trinajstić information content (AvgIpc) is 2.34. The van der Waals surface area contributed by atoms with E-state index in [1.165, 1.54) is 6.08 Å². The molecule has 0 spiro atoms. The summed E-state index contributed by atoms with van der Waals surface area (Å²) in [7, 11) is 0. The summed E-state index contributed by atoms with van der Waals surface area (Å²) in [6, 6.07) is 11.3. The van der Waals surface area contributed by atoms with Gasteiger partial charge in [-0.05, 0) is 40.1 Å². The zero-order valence-corrected chi connectivity index (χ0v) is 8.92. The van der Waals surface area contributed by atoms with Gasteiger partial charge in [-0.3, -0.25) is 4.79 Å². The molecular formula is C14H10O3. The predicted molar refractivity (Wildman–Crippen MR) is 64.5 cm³/mol. The van der Waals surface area contributed by atoms with Crippen LogP contribution in [-0.4, -0.2) is 16.0 Å². The molecule has 2 aromatic carbocycles. The Balaban J connectivity index is 2.33. The highest BCUT2D eigenvalue weighted by molar-refractivity contribution is 6.05. The van der Waals surface area contributed by atoms with Crippen LogP contribution in [0, 0.1) is 0 Å². The van der Waals surface area contributed by atoms with Crippen molar-refractivity contribution in [3.63, 3.8) is 0 Å². The molecule has 84 valence electrons. The fourth-order valence-electron chi connectivity index (χ4n) is 2.14. The normalized spacial score (nSPS) is 19.0. The van der Waals surface area contributed by atoms with Crippen LogP contribution in [0.25, 0.3) is 16.8 Å². The molecule has 17 heavy (non-hydrogen) atoms. The zero-order chi connectivity index (χ0) is 12.0. The Morgan fingerprint density at radius 2 is 1.71 bits per heavy atom. The Labute approximate surface area is 97.6 Å². The van der Waals surface area contributed by atoms with Crippen molar-refractivity contribution < 1.29 is 15.0 Å². The third-order valence-corrected chi connectivity index (χ3v) is 3.04. The molecular weight excluding hydrogens is 216 g/mol. The number of hydrogen-bond donors (Lipinski definition) is 2. The standard InChI is InChI=1S/C14H10O3/c15-12-7-10-5-8-3-1-2-4-9(8)6-11(10)13(16)14(12)17/h1-7,13,15-16H. The second-order valence-corrected chi connectivity index (χ2v) is 4.12. The largest absolute Gasteiger partial charge is 0.504 e. The number of carbonyl (C=O) groups is 1. The van der Waals surface area contributed by atoms with Gasteiger partial charge in [-0.2, -0.15) is 0 Å². The summed E-state index contributed by atoms with van der Waals surface area (Å²) in [5, 5.41) is 21.2. The van der Waals surface area contributed by atoms with Gasteiger partial charge in [0.2, 0.25) is 5.78 Å². The van der Waals surface area contributed by atoms with Crippen LogP contribution in [0.3, 0.4) is 0 Å². The molecule has 0 radical (unpaired) electrons. The van der Waals surface area contributed by atoms with Crippen molar-refractivity contribution in [1.82, 2.24) is 0 Å². The van der Waals surface area contributed by atoms with Crippen LogP contribution < -0.4 is 0 Å². The molecule has 3 heteroatoms. The smallest absolute Gasteiger partial charge is 0.230 e.